The molecule has 3 aromatic rings. The Bertz CT molecular complexity index is 978. The molecule has 1 aromatic heterocycles. The zero-order valence-electron chi connectivity index (χ0n) is 16.7. The van der Waals surface area contributed by atoms with Crippen LogP contribution in [0.3, 0.4) is 0 Å². The van der Waals surface area contributed by atoms with Crippen LogP contribution in [0.15, 0.2) is 47.6 Å². The van der Waals surface area contributed by atoms with Crippen LogP contribution in [0.25, 0.3) is 0 Å². The van der Waals surface area contributed by atoms with Gasteiger partial charge in [0.05, 0.1) is 17.2 Å². The van der Waals surface area contributed by atoms with Crippen molar-refractivity contribution < 1.29 is 9.47 Å². The molecule has 0 aliphatic rings. The van der Waals surface area contributed by atoms with E-state index in [-0.39, 0.29) is 12.1 Å². The summed E-state index contributed by atoms with van der Waals surface area (Å²) in [7, 11) is 1.63. The smallest absolute Gasteiger partial charge is 0.191 e. The number of benzene rings is 2. The van der Waals surface area contributed by atoms with E-state index in [0.717, 1.165) is 16.5 Å². The lowest BCUT2D eigenvalue weighted by molar-refractivity contribution is 0.198. The Hall–Kier alpha value is -1.89. The van der Waals surface area contributed by atoms with Crippen molar-refractivity contribution in [3.05, 3.63) is 63.9 Å². The van der Waals surface area contributed by atoms with Crippen LogP contribution >= 0.6 is 35.0 Å². The van der Waals surface area contributed by atoms with Crippen molar-refractivity contribution in [2.75, 3.05) is 7.11 Å². The molecule has 1 unspecified atom stereocenters. The van der Waals surface area contributed by atoms with Gasteiger partial charge in [0, 0.05) is 11.8 Å². The maximum absolute atomic E-state index is 6.13. The summed E-state index contributed by atoms with van der Waals surface area (Å²) in [5.74, 6) is 2.83. The van der Waals surface area contributed by atoms with E-state index in [2.05, 4.69) is 28.6 Å². The third-order valence-electron chi connectivity index (χ3n) is 4.30. The summed E-state index contributed by atoms with van der Waals surface area (Å²) in [4.78, 5) is 0. The molecule has 0 amide bonds. The number of ether oxygens (including phenoxy) is 2. The zero-order chi connectivity index (χ0) is 21.0. The van der Waals surface area contributed by atoms with E-state index in [1.54, 1.807) is 18.9 Å². The minimum absolute atomic E-state index is 0.181. The molecule has 2 aromatic carbocycles. The minimum atomic E-state index is -0.291. The number of halogens is 2. The van der Waals surface area contributed by atoms with Crippen LogP contribution in [-0.2, 0) is 5.75 Å². The molecule has 0 aliphatic heterocycles. The Labute approximate surface area is 185 Å². The third-order valence-corrected chi connectivity index (χ3v) is 6.05. The van der Waals surface area contributed by atoms with Crippen LogP contribution in [0, 0.1) is 0 Å². The average molecular weight is 452 g/mol. The Kier molecular flexibility index (Phi) is 7.33. The first-order valence-corrected chi connectivity index (χ1v) is 11.0. The summed E-state index contributed by atoms with van der Waals surface area (Å²) < 4.78 is 13.6. The minimum Gasteiger partial charge on any atom is -0.493 e. The lowest BCUT2D eigenvalue weighted by Gasteiger charge is -2.19. The Balaban J connectivity index is 1.79. The molecule has 1 atom stereocenters. The van der Waals surface area contributed by atoms with E-state index in [0.29, 0.717) is 27.3 Å². The molecule has 0 bridgehead atoms. The molecule has 0 saturated carbocycles. The van der Waals surface area contributed by atoms with Crippen molar-refractivity contribution in [2.24, 2.45) is 0 Å². The van der Waals surface area contributed by atoms with Gasteiger partial charge in [0.25, 0.3) is 0 Å². The van der Waals surface area contributed by atoms with E-state index >= 15 is 0 Å². The van der Waals surface area contributed by atoms with E-state index in [9.17, 15) is 0 Å². The monoisotopic (exact) mass is 451 g/mol. The first kappa shape index (κ1) is 21.8. The summed E-state index contributed by atoms with van der Waals surface area (Å²) in [6.45, 7) is 6.17. The quantitative estimate of drug-likeness (QED) is 0.360. The maximum Gasteiger partial charge on any atom is 0.191 e. The van der Waals surface area contributed by atoms with Crippen molar-refractivity contribution in [3.8, 4) is 11.5 Å². The zero-order valence-corrected chi connectivity index (χ0v) is 19.1. The van der Waals surface area contributed by atoms with Gasteiger partial charge in [0.2, 0.25) is 0 Å². The highest BCUT2D eigenvalue weighted by molar-refractivity contribution is 7.98. The molecule has 0 spiro atoms. The van der Waals surface area contributed by atoms with Gasteiger partial charge >= 0.3 is 0 Å². The molecule has 3 rings (SSSR count). The normalized spacial score (nSPS) is 12.2. The molecule has 1 heterocycles. The molecule has 154 valence electrons. The fourth-order valence-corrected chi connectivity index (χ4v) is 4.22. The summed E-state index contributed by atoms with van der Waals surface area (Å²) in [5, 5.41) is 10.7. The Morgan fingerprint density at radius 3 is 2.38 bits per heavy atom. The van der Waals surface area contributed by atoms with Crippen LogP contribution in [0.5, 0.6) is 11.5 Å². The van der Waals surface area contributed by atoms with Gasteiger partial charge in [-0.15, -0.1) is 10.2 Å². The summed E-state index contributed by atoms with van der Waals surface area (Å²) in [6, 6.07) is 13.4. The molecule has 0 saturated heterocycles. The third kappa shape index (κ3) is 5.18. The molecule has 0 N–H and O–H groups in total. The van der Waals surface area contributed by atoms with Crippen LogP contribution in [0.2, 0.25) is 10.0 Å². The van der Waals surface area contributed by atoms with Crippen molar-refractivity contribution in [1.29, 1.82) is 0 Å². The molecule has 5 nitrogen and oxygen atoms in total. The molecule has 8 heteroatoms. The first-order valence-electron chi connectivity index (χ1n) is 9.22. The summed E-state index contributed by atoms with van der Waals surface area (Å²) in [6.07, 6.45) is -0.291. The van der Waals surface area contributed by atoms with Crippen LogP contribution in [-0.4, -0.2) is 21.9 Å². The van der Waals surface area contributed by atoms with Crippen molar-refractivity contribution in [2.45, 2.75) is 43.8 Å². The highest BCUT2D eigenvalue weighted by atomic mass is 35.5. The van der Waals surface area contributed by atoms with Gasteiger partial charge in [0.15, 0.2) is 28.6 Å². The van der Waals surface area contributed by atoms with Gasteiger partial charge in [-0.05, 0) is 50.6 Å². The van der Waals surface area contributed by atoms with Gasteiger partial charge in [-0.2, -0.15) is 0 Å². The lowest BCUT2D eigenvalue weighted by Crippen LogP contribution is -2.14. The average Bonchev–Trinajstić information content (AvgIpc) is 3.14. The maximum atomic E-state index is 6.13. The second kappa shape index (κ2) is 9.74. The van der Waals surface area contributed by atoms with Gasteiger partial charge in [-0.1, -0.05) is 53.2 Å². The molecule has 29 heavy (non-hydrogen) atoms. The second-order valence-electron chi connectivity index (χ2n) is 6.75. The van der Waals surface area contributed by atoms with E-state index < -0.39 is 0 Å². The topological polar surface area (TPSA) is 49.2 Å². The first-order chi connectivity index (χ1) is 13.9. The fourth-order valence-electron chi connectivity index (χ4n) is 2.89. The summed E-state index contributed by atoms with van der Waals surface area (Å²) >= 11 is 13.7. The van der Waals surface area contributed by atoms with Gasteiger partial charge in [-0.25, -0.2) is 0 Å². The van der Waals surface area contributed by atoms with E-state index in [1.165, 1.54) is 0 Å². The number of hydrogen-bond donors (Lipinski definition) is 0. The summed E-state index contributed by atoms with van der Waals surface area (Å²) in [5.41, 5.74) is 1.07. The number of methoxy groups -OCH3 is 1. The van der Waals surface area contributed by atoms with Crippen molar-refractivity contribution >= 4 is 35.0 Å². The predicted octanol–water partition coefficient (Wildman–Crippen LogP) is 6.61. The number of para-hydroxylation sites is 2. The standard InChI is InChI=1S/C21H23Cl2N3O2S/c1-13(2)26-20(14(3)28-19-8-6-5-7-18(19)27-4)24-25-21(26)29-12-15-9-10-16(22)17(23)11-15/h5-11,13-14H,12H2,1-4H3. The molecule has 0 aliphatic carbocycles. The van der Waals surface area contributed by atoms with Gasteiger partial charge < -0.3 is 14.0 Å². The highest BCUT2D eigenvalue weighted by Gasteiger charge is 2.22. The number of thioether (sulfide) groups is 1. The van der Waals surface area contributed by atoms with Crippen molar-refractivity contribution in [1.82, 2.24) is 14.8 Å². The number of hydrogen-bond acceptors (Lipinski definition) is 5. The van der Waals surface area contributed by atoms with Crippen LogP contribution in [0.1, 0.15) is 44.3 Å². The van der Waals surface area contributed by atoms with Crippen molar-refractivity contribution in [3.63, 3.8) is 0 Å². The molecule has 0 radical (unpaired) electrons. The largest absolute Gasteiger partial charge is 0.493 e. The lowest BCUT2D eigenvalue weighted by atomic mass is 10.2. The molecular weight excluding hydrogens is 429 g/mol. The Morgan fingerprint density at radius 2 is 1.72 bits per heavy atom. The van der Waals surface area contributed by atoms with Gasteiger partial charge in [0.1, 0.15) is 0 Å². The van der Waals surface area contributed by atoms with E-state index in [1.807, 2.05) is 49.4 Å². The number of aromatic nitrogens is 3. The molecule has 0 fully saturated rings. The Morgan fingerprint density at radius 1 is 1.00 bits per heavy atom. The number of rotatable bonds is 8. The highest BCUT2D eigenvalue weighted by Crippen LogP contribution is 2.33. The number of nitrogens with zero attached hydrogens (tertiary/aromatic N) is 3. The van der Waals surface area contributed by atoms with E-state index in [4.69, 9.17) is 32.7 Å². The van der Waals surface area contributed by atoms with Crippen LogP contribution < -0.4 is 9.47 Å². The SMILES string of the molecule is COc1ccccc1OC(C)c1nnc(SCc2ccc(Cl)c(Cl)c2)n1C(C)C. The van der Waals surface area contributed by atoms with Gasteiger partial charge in [-0.3, -0.25) is 0 Å². The predicted molar refractivity (Wildman–Crippen MR) is 118 cm³/mol. The second-order valence-corrected chi connectivity index (χ2v) is 8.51. The molecular formula is C21H23Cl2N3O2S. The fraction of sp³-hybridized carbons (Fsp3) is 0.333. The van der Waals surface area contributed by atoms with Crippen LogP contribution in [0.4, 0.5) is 0 Å².